The van der Waals surface area contributed by atoms with E-state index >= 15 is 0 Å². The summed E-state index contributed by atoms with van der Waals surface area (Å²) in [7, 11) is 1.66. The van der Waals surface area contributed by atoms with Gasteiger partial charge in [-0.15, -0.1) is 0 Å². The van der Waals surface area contributed by atoms with Gasteiger partial charge in [-0.2, -0.15) is 4.98 Å². The van der Waals surface area contributed by atoms with Crippen LogP contribution in [0.25, 0.3) is 17.0 Å². The largest absolute Gasteiger partial charge is 0.454 e. The van der Waals surface area contributed by atoms with Gasteiger partial charge in [0.15, 0.2) is 16.6 Å². The summed E-state index contributed by atoms with van der Waals surface area (Å²) >= 11 is 5.65. The van der Waals surface area contributed by atoms with Crippen LogP contribution in [0.2, 0.25) is 0 Å². The van der Waals surface area contributed by atoms with E-state index in [1.54, 1.807) is 13.2 Å². The van der Waals surface area contributed by atoms with Crippen LogP contribution in [0.5, 0.6) is 11.5 Å². The van der Waals surface area contributed by atoms with Gasteiger partial charge in [0.2, 0.25) is 12.6 Å². The van der Waals surface area contributed by atoms with E-state index in [2.05, 4.69) is 15.5 Å². The summed E-state index contributed by atoms with van der Waals surface area (Å²) in [6, 6.07) is 11.4. The minimum atomic E-state index is -0.452. The summed E-state index contributed by atoms with van der Waals surface area (Å²) in [5.41, 5.74) is 3.03. The molecule has 0 saturated heterocycles. The van der Waals surface area contributed by atoms with E-state index in [1.807, 2.05) is 36.1 Å². The van der Waals surface area contributed by atoms with Gasteiger partial charge >= 0.3 is 0 Å². The van der Waals surface area contributed by atoms with Crippen molar-refractivity contribution in [2.45, 2.75) is 19.4 Å². The number of thiocarbonyl (C=S) groups is 1. The molecule has 34 heavy (non-hydrogen) atoms. The zero-order chi connectivity index (χ0) is 23.7. The fraction of sp³-hybridized carbons (Fsp3) is 0.292. The van der Waals surface area contributed by atoms with E-state index in [-0.39, 0.29) is 12.6 Å². The molecular weight excluding hydrogens is 459 g/mol. The number of ether oxygens (including phenoxy) is 3. The Morgan fingerprint density at radius 2 is 2.06 bits per heavy atom. The van der Waals surface area contributed by atoms with Crippen molar-refractivity contribution in [1.82, 2.24) is 20.4 Å². The van der Waals surface area contributed by atoms with Gasteiger partial charge in [-0.25, -0.2) is 4.39 Å². The van der Waals surface area contributed by atoms with Crippen molar-refractivity contribution in [2.75, 3.05) is 27.1 Å². The minimum absolute atomic E-state index is 0.183. The number of fused-ring (bicyclic) bond motifs is 1. The van der Waals surface area contributed by atoms with Gasteiger partial charge < -0.3 is 29.0 Å². The molecule has 2 aromatic carbocycles. The van der Waals surface area contributed by atoms with Crippen LogP contribution >= 0.6 is 12.2 Å². The molecule has 0 radical (unpaired) electrons. The Balaban J connectivity index is 1.55. The molecule has 0 spiro atoms. The maximum Gasteiger partial charge on any atom is 0.258 e. The molecule has 1 unspecified atom stereocenters. The average Bonchev–Trinajstić information content (AvgIpc) is 3.50. The molecule has 3 aromatic rings. The summed E-state index contributed by atoms with van der Waals surface area (Å²) in [4.78, 5) is 6.65. The topological polar surface area (TPSA) is 81.9 Å². The van der Waals surface area contributed by atoms with E-state index in [1.165, 1.54) is 12.1 Å². The maximum absolute atomic E-state index is 14.1. The van der Waals surface area contributed by atoms with Gasteiger partial charge in [0.05, 0.1) is 11.6 Å². The minimum Gasteiger partial charge on any atom is -0.454 e. The lowest BCUT2D eigenvalue weighted by Crippen LogP contribution is -2.46. The lowest BCUT2D eigenvalue weighted by molar-refractivity contribution is 0.174. The SMILES string of the molecule is COCCCN1C(=S)NC(c2cccc(F)c2)C(c2nc(-c3ccc4c(c3)OCO4)no2)=C1C. The van der Waals surface area contributed by atoms with Crippen molar-refractivity contribution in [1.29, 1.82) is 0 Å². The molecule has 3 heterocycles. The summed E-state index contributed by atoms with van der Waals surface area (Å²) in [5.74, 6) is 1.70. The van der Waals surface area contributed by atoms with Crippen molar-refractivity contribution < 1.29 is 23.1 Å². The lowest BCUT2D eigenvalue weighted by atomic mass is 9.94. The first-order chi connectivity index (χ1) is 16.5. The van der Waals surface area contributed by atoms with E-state index < -0.39 is 6.04 Å². The third kappa shape index (κ3) is 4.22. The van der Waals surface area contributed by atoms with Crippen LogP contribution in [-0.4, -0.2) is 47.2 Å². The predicted octanol–water partition coefficient (Wildman–Crippen LogP) is 4.30. The Morgan fingerprint density at radius 3 is 2.88 bits per heavy atom. The summed E-state index contributed by atoms with van der Waals surface area (Å²) in [6.45, 7) is 3.38. The van der Waals surface area contributed by atoms with Crippen LogP contribution in [0.15, 0.2) is 52.7 Å². The number of hydrogen-bond acceptors (Lipinski definition) is 7. The van der Waals surface area contributed by atoms with Crippen LogP contribution in [0.3, 0.4) is 0 Å². The Kier molecular flexibility index (Phi) is 6.16. The highest BCUT2D eigenvalue weighted by Gasteiger charge is 2.34. The Bertz CT molecular complexity index is 1260. The second-order valence-corrected chi connectivity index (χ2v) is 8.31. The van der Waals surface area contributed by atoms with E-state index in [0.29, 0.717) is 47.0 Å². The van der Waals surface area contributed by atoms with Crippen molar-refractivity contribution in [3.05, 3.63) is 65.4 Å². The summed E-state index contributed by atoms with van der Waals surface area (Å²) < 4.78 is 35.8. The molecule has 2 aliphatic rings. The maximum atomic E-state index is 14.1. The van der Waals surface area contributed by atoms with Crippen molar-refractivity contribution in [2.24, 2.45) is 0 Å². The Morgan fingerprint density at radius 1 is 1.21 bits per heavy atom. The Labute approximate surface area is 201 Å². The van der Waals surface area contributed by atoms with Gasteiger partial charge in [0.25, 0.3) is 5.89 Å². The van der Waals surface area contributed by atoms with Gasteiger partial charge in [-0.05, 0) is 61.5 Å². The van der Waals surface area contributed by atoms with E-state index in [9.17, 15) is 4.39 Å². The van der Waals surface area contributed by atoms with Gasteiger partial charge in [-0.1, -0.05) is 17.3 Å². The number of nitrogens with zero attached hydrogens (tertiary/aromatic N) is 3. The Hall–Kier alpha value is -3.50. The molecule has 0 fully saturated rings. The molecule has 10 heteroatoms. The molecule has 1 atom stereocenters. The predicted molar refractivity (Wildman–Crippen MR) is 127 cm³/mol. The number of halogens is 1. The van der Waals surface area contributed by atoms with Crippen LogP contribution in [0.4, 0.5) is 4.39 Å². The molecule has 8 nitrogen and oxygen atoms in total. The number of benzene rings is 2. The fourth-order valence-electron chi connectivity index (χ4n) is 4.12. The molecule has 1 N–H and O–H groups in total. The summed E-state index contributed by atoms with van der Waals surface area (Å²) in [6.07, 6.45) is 0.778. The quantitative estimate of drug-likeness (QED) is 0.391. The van der Waals surface area contributed by atoms with Crippen LogP contribution in [0, 0.1) is 5.82 Å². The van der Waals surface area contributed by atoms with Crippen LogP contribution in [0.1, 0.15) is 30.8 Å². The molecule has 1 aromatic heterocycles. The molecule has 5 rings (SSSR count). The normalized spacial score (nSPS) is 17.3. The van der Waals surface area contributed by atoms with Crippen LogP contribution < -0.4 is 14.8 Å². The lowest BCUT2D eigenvalue weighted by Gasteiger charge is -2.37. The molecule has 176 valence electrons. The zero-order valence-corrected chi connectivity index (χ0v) is 19.5. The smallest absolute Gasteiger partial charge is 0.258 e. The molecule has 0 saturated carbocycles. The number of allylic oxidation sites excluding steroid dienone is 1. The molecule has 2 aliphatic heterocycles. The number of nitrogens with one attached hydrogen (secondary N) is 1. The van der Waals surface area contributed by atoms with Gasteiger partial charge in [0, 0.05) is 31.5 Å². The zero-order valence-electron chi connectivity index (χ0n) is 18.7. The standard InChI is InChI=1S/C24H23FN4O4S/c1-14-20(23-27-22(28-33-23)16-7-8-18-19(12-16)32-13-31-18)21(15-5-3-6-17(25)11-15)26-24(34)29(14)9-4-10-30-2/h3,5-8,11-12,21H,4,9-10,13H2,1-2H3,(H,26,34). The number of rotatable bonds is 7. The first-order valence-electron chi connectivity index (χ1n) is 10.8. The van der Waals surface area contributed by atoms with Gasteiger partial charge in [-0.3, -0.25) is 0 Å². The number of methoxy groups -OCH3 is 1. The molecular formula is C24H23FN4O4S. The van der Waals surface area contributed by atoms with Crippen molar-refractivity contribution >= 4 is 22.9 Å². The highest BCUT2D eigenvalue weighted by Crippen LogP contribution is 2.39. The third-order valence-corrected chi connectivity index (χ3v) is 6.13. The van der Waals surface area contributed by atoms with Gasteiger partial charge in [0.1, 0.15) is 5.82 Å². The van der Waals surface area contributed by atoms with E-state index in [4.69, 9.17) is 31.0 Å². The molecule has 0 amide bonds. The molecule has 0 aliphatic carbocycles. The van der Waals surface area contributed by atoms with Crippen molar-refractivity contribution in [3.63, 3.8) is 0 Å². The molecule has 0 bridgehead atoms. The first-order valence-corrected chi connectivity index (χ1v) is 11.2. The monoisotopic (exact) mass is 482 g/mol. The highest BCUT2D eigenvalue weighted by atomic mass is 32.1. The highest BCUT2D eigenvalue weighted by molar-refractivity contribution is 7.80. The number of hydrogen-bond donors (Lipinski definition) is 1. The summed E-state index contributed by atoms with van der Waals surface area (Å²) in [5, 5.41) is 8.07. The number of aromatic nitrogens is 2. The van der Waals surface area contributed by atoms with Crippen LogP contribution in [-0.2, 0) is 4.74 Å². The average molecular weight is 483 g/mol. The second-order valence-electron chi connectivity index (χ2n) is 7.93. The van der Waals surface area contributed by atoms with E-state index in [0.717, 1.165) is 23.3 Å². The first kappa shape index (κ1) is 22.3. The van der Waals surface area contributed by atoms with Crippen molar-refractivity contribution in [3.8, 4) is 22.9 Å². The fourth-order valence-corrected chi connectivity index (χ4v) is 4.46. The third-order valence-electron chi connectivity index (χ3n) is 5.80. The second kappa shape index (κ2) is 9.40.